The number of carboxylic acid groups (broad SMARTS) is 1. The zero-order valence-electron chi connectivity index (χ0n) is 11.4. The number of hydrogen-bond acceptors (Lipinski definition) is 3. The third-order valence-corrected chi connectivity index (χ3v) is 6.10. The summed E-state index contributed by atoms with van der Waals surface area (Å²) in [6.45, 7) is 2.03. The van der Waals surface area contributed by atoms with E-state index >= 15 is 0 Å². The largest absolute Gasteiger partial charge is 0.481 e. The van der Waals surface area contributed by atoms with Crippen molar-refractivity contribution >= 4 is 5.97 Å². The van der Waals surface area contributed by atoms with Gasteiger partial charge in [0.05, 0.1) is 29.8 Å². The molecule has 4 nitrogen and oxygen atoms in total. The molecule has 2 aliphatic heterocycles. The summed E-state index contributed by atoms with van der Waals surface area (Å²) >= 11 is 0. The van der Waals surface area contributed by atoms with Crippen LogP contribution in [0.25, 0.3) is 0 Å². The van der Waals surface area contributed by atoms with Crippen LogP contribution in [0.15, 0.2) is 0 Å². The standard InChI is InChI=1S/C15H22O4/c1-2-15(14(16)17)6-5-10-13(19-10)12(15)8-3-4-9-11(7-8)18-9/h8-13H,2-7H2,1H3,(H,16,17). The lowest BCUT2D eigenvalue weighted by Crippen LogP contribution is -2.48. The van der Waals surface area contributed by atoms with Gasteiger partial charge in [-0.2, -0.15) is 0 Å². The van der Waals surface area contributed by atoms with Crippen molar-refractivity contribution in [3.8, 4) is 0 Å². The van der Waals surface area contributed by atoms with Gasteiger partial charge in [0, 0.05) is 5.92 Å². The Morgan fingerprint density at radius 1 is 1.21 bits per heavy atom. The van der Waals surface area contributed by atoms with Crippen molar-refractivity contribution < 1.29 is 19.4 Å². The minimum absolute atomic E-state index is 0.207. The molecule has 4 aliphatic rings. The van der Waals surface area contributed by atoms with E-state index in [2.05, 4.69) is 0 Å². The summed E-state index contributed by atoms with van der Waals surface area (Å²) in [5, 5.41) is 9.82. The van der Waals surface area contributed by atoms with Crippen LogP contribution in [0, 0.1) is 17.3 Å². The smallest absolute Gasteiger partial charge is 0.310 e. The van der Waals surface area contributed by atoms with Crippen molar-refractivity contribution in [2.45, 2.75) is 69.9 Å². The monoisotopic (exact) mass is 266 g/mol. The van der Waals surface area contributed by atoms with Crippen molar-refractivity contribution in [1.82, 2.24) is 0 Å². The van der Waals surface area contributed by atoms with Crippen LogP contribution in [0.2, 0.25) is 0 Å². The highest BCUT2D eigenvalue weighted by molar-refractivity contribution is 5.75. The second kappa shape index (κ2) is 3.95. The van der Waals surface area contributed by atoms with E-state index in [1.165, 1.54) is 0 Å². The molecule has 2 aliphatic carbocycles. The maximum absolute atomic E-state index is 11.9. The fraction of sp³-hybridized carbons (Fsp3) is 0.933. The predicted octanol–water partition coefficient (Wildman–Crippen LogP) is 2.21. The van der Waals surface area contributed by atoms with Crippen LogP contribution in [0.1, 0.15) is 45.4 Å². The number of ether oxygens (including phenoxy) is 2. The van der Waals surface area contributed by atoms with E-state index in [-0.39, 0.29) is 12.0 Å². The predicted molar refractivity (Wildman–Crippen MR) is 67.7 cm³/mol. The summed E-state index contributed by atoms with van der Waals surface area (Å²) in [6, 6.07) is 0. The van der Waals surface area contributed by atoms with Gasteiger partial charge in [0.2, 0.25) is 0 Å². The maximum atomic E-state index is 11.9. The second-order valence-corrected chi connectivity index (χ2v) is 6.80. The van der Waals surface area contributed by atoms with E-state index in [1.54, 1.807) is 0 Å². The Morgan fingerprint density at radius 2 is 2.05 bits per heavy atom. The summed E-state index contributed by atoms with van der Waals surface area (Å²) < 4.78 is 11.4. The van der Waals surface area contributed by atoms with Gasteiger partial charge in [-0.25, -0.2) is 0 Å². The molecule has 0 aromatic carbocycles. The first-order valence-corrected chi connectivity index (χ1v) is 7.70. The SMILES string of the molecule is CCC1(C(=O)O)CCC2OC2C1C1CCC2OC2C1. The Bertz CT molecular complexity index is 409. The number of epoxide rings is 2. The fourth-order valence-corrected chi connectivity index (χ4v) is 4.88. The molecule has 4 rings (SSSR count). The molecule has 0 aromatic heterocycles. The van der Waals surface area contributed by atoms with Crippen molar-refractivity contribution in [2.24, 2.45) is 17.3 Å². The Labute approximate surface area is 113 Å². The third-order valence-electron chi connectivity index (χ3n) is 6.10. The molecule has 19 heavy (non-hydrogen) atoms. The Balaban J connectivity index is 1.63. The molecule has 0 aromatic rings. The molecule has 2 heterocycles. The van der Waals surface area contributed by atoms with E-state index < -0.39 is 11.4 Å². The summed E-state index contributed by atoms with van der Waals surface area (Å²) in [7, 11) is 0. The maximum Gasteiger partial charge on any atom is 0.310 e. The topological polar surface area (TPSA) is 62.4 Å². The summed E-state index contributed by atoms with van der Waals surface area (Å²) in [5.74, 6) is 0.0850. The van der Waals surface area contributed by atoms with Crippen molar-refractivity contribution in [2.75, 3.05) is 0 Å². The molecular formula is C15H22O4. The minimum Gasteiger partial charge on any atom is -0.481 e. The molecular weight excluding hydrogens is 244 g/mol. The first kappa shape index (κ1) is 12.2. The molecule has 0 radical (unpaired) electrons. The van der Waals surface area contributed by atoms with Gasteiger partial charge in [0.15, 0.2) is 0 Å². The molecule has 4 heteroatoms. The molecule has 0 spiro atoms. The lowest BCUT2D eigenvalue weighted by molar-refractivity contribution is -0.157. The van der Waals surface area contributed by atoms with Crippen LogP contribution < -0.4 is 0 Å². The van der Waals surface area contributed by atoms with Crippen LogP contribution in [-0.2, 0) is 14.3 Å². The molecule has 1 N–H and O–H groups in total. The van der Waals surface area contributed by atoms with Crippen LogP contribution in [-0.4, -0.2) is 35.5 Å². The Hall–Kier alpha value is -0.610. The van der Waals surface area contributed by atoms with Crippen LogP contribution in [0.3, 0.4) is 0 Å². The first-order chi connectivity index (χ1) is 9.15. The van der Waals surface area contributed by atoms with Gasteiger partial charge in [-0.1, -0.05) is 6.92 Å². The number of hydrogen-bond donors (Lipinski definition) is 1. The number of fused-ring (bicyclic) bond motifs is 2. The zero-order valence-corrected chi connectivity index (χ0v) is 11.4. The number of aliphatic carboxylic acids is 1. The molecule has 7 atom stereocenters. The normalized spacial score (nSPS) is 55.0. The molecule has 0 amide bonds. The van der Waals surface area contributed by atoms with E-state index in [9.17, 15) is 9.90 Å². The molecule has 2 saturated carbocycles. The third kappa shape index (κ3) is 1.69. The summed E-state index contributed by atoms with van der Waals surface area (Å²) in [4.78, 5) is 11.9. The Morgan fingerprint density at radius 3 is 2.74 bits per heavy atom. The average Bonchev–Trinajstić information content (AvgIpc) is 3.29. The number of carbonyl (C=O) groups is 1. The van der Waals surface area contributed by atoms with Gasteiger partial charge in [-0.3, -0.25) is 4.79 Å². The summed E-state index contributed by atoms with van der Waals surface area (Å²) in [6.07, 6.45) is 7.19. The minimum atomic E-state index is -0.604. The van der Waals surface area contributed by atoms with Crippen LogP contribution >= 0.6 is 0 Å². The van der Waals surface area contributed by atoms with Crippen LogP contribution in [0.5, 0.6) is 0 Å². The summed E-state index contributed by atoms with van der Waals surface area (Å²) in [5.41, 5.74) is -0.552. The van der Waals surface area contributed by atoms with Gasteiger partial charge >= 0.3 is 5.97 Å². The van der Waals surface area contributed by atoms with Crippen molar-refractivity contribution in [3.05, 3.63) is 0 Å². The fourth-order valence-electron chi connectivity index (χ4n) is 4.88. The van der Waals surface area contributed by atoms with Crippen molar-refractivity contribution in [3.63, 3.8) is 0 Å². The average molecular weight is 266 g/mol. The second-order valence-electron chi connectivity index (χ2n) is 6.80. The molecule has 7 unspecified atom stereocenters. The van der Waals surface area contributed by atoms with Gasteiger partial charge in [-0.15, -0.1) is 0 Å². The van der Waals surface area contributed by atoms with Gasteiger partial charge in [0.1, 0.15) is 0 Å². The zero-order chi connectivity index (χ0) is 13.2. The van der Waals surface area contributed by atoms with Crippen LogP contribution in [0.4, 0.5) is 0 Å². The molecule has 0 bridgehead atoms. The van der Waals surface area contributed by atoms with Gasteiger partial charge < -0.3 is 14.6 Å². The highest BCUT2D eigenvalue weighted by atomic mass is 16.6. The first-order valence-electron chi connectivity index (χ1n) is 7.70. The van der Waals surface area contributed by atoms with E-state index in [1.807, 2.05) is 6.92 Å². The highest BCUT2D eigenvalue weighted by Gasteiger charge is 2.63. The Kier molecular flexibility index (Phi) is 2.53. The van der Waals surface area contributed by atoms with E-state index in [4.69, 9.17) is 9.47 Å². The van der Waals surface area contributed by atoms with E-state index in [0.29, 0.717) is 24.2 Å². The molecule has 4 fully saturated rings. The van der Waals surface area contributed by atoms with Crippen molar-refractivity contribution in [1.29, 1.82) is 0 Å². The number of rotatable bonds is 3. The van der Waals surface area contributed by atoms with Gasteiger partial charge in [0.25, 0.3) is 0 Å². The lowest BCUT2D eigenvalue weighted by atomic mass is 9.58. The van der Waals surface area contributed by atoms with Gasteiger partial charge in [-0.05, 0) is 44.4 Å². The van der Waals surface area contributed by atoms with E-state index in [0.717, 1.165) is 38.5 Å². The number of carboxylic acids is 1. The lowest BCUT2D eigenvalue weighted by Gasteiger charge is -2.43. The molecule has 2 saturated heterocycles. The molecule has 106 valence electrons. The quantitative estimate of drug-likeness (QED) is 0.796. The highest BCUT2D eigenvalue weighted by Crippen LogP contribution is 2.58.